The van der Waals surface area contributed by atoms with Crippen molar-refractivity contribution in [2.45, 2.75) is 44.3 Å². The lowest BCUT2D eigenvalue weighted by Crippen LogP contribution is -2.20. The highest BCUT2D eigenvalue weighted by molar-refractivity contribution is 8.00. The van der Waals surface area contributed by atoms with Crippen molar-refractivity contribution in [3.05, 3.63) is 0 Å². The topological polar surface area (TPSA) is 74.6 Å². The summed E-state index contributed by atoms with van der Waals surface area (Å²) in [6.45, 7) is 1.96. The van der Waals surface area contributed by atoms with Crippen LogP contribution in [-0.2, 0) is 9.59 Å². The second kappa shape index (κ2) is 5.57. The van der Waals surface area contributed by atoms with Crippen LogP contribution in [-0.4, -0.2) is 33.2 Å². The maximum atomic E-state index is 10.9. The molecule has 16 heavy (non-hydrogen) atoms. The summed E-state index contributed by atoms with van der Waals surface area (Å²) >= 11 is 1.40. The number of thioether (sulfide) groups is 1. The lowest BCUT2D eigenvalue weighted by Gasteiger charge is -2.16. The monoisotopic (exact) mass is 246 g/mol. The van der Waals surface area contributed by atoms with Gasteiger partial charge >= 0.3 is 11.9 Å². The molecule has 0 saturated heterocycles. The van der Waals surface area contributed by atoms with Gasteiger partial charge in [0.1, 0.15) is 5.25 Å². The minimum absolute atomic E-state index is 0.113. The van der Waals surface area contributed by atoms with Crippen molar-refractivity contribution in [3.8, 4) is 0 Å². The van der Waals surface area contributed by atoms with Gasteiger partial charge in [-0.1, -0.05) is 13.3 Å². The van der Waals surface area contributed by atoms with Gasteiger partial charge in [0, 0.05) is 5.75 Å². The molecular formula is C11H18O4S. The molecule has 0 radical (unpaired) electrons. The minimum atomic E-state index is -0.780. The van der Waals surface area contributed by atoms with Crippen molar-refractivity contribution in [3.63, 3.8) is 0 Å². The fraction of sp³-hybridized carbons (Fsp3) is 0.818. The van der Waals surface area contributed by atoms with Crippen LogP contribution < -0.4 is 0 Å². The van der Waals surface area contributed by atoms with E-state index < -0.39 is 11.9 Å². The number of hydrogen-bond donors (Lipinski definition) is 2. The Hall–Kier alpha value is -0.710. The maximum absolute atomic E-state index is 10.9. The number of carboxylic acids is 2. The summed E-state index contributed by atoms with van der Waals surface area (Å²) in [5.74, 6) is -0.894. The first-order valence-corrected chi connectivity index (χ1v) is 6.60. The van der Waals surface area contributed by atoms with Gasteiger partial charge in [-0.3, -0.25) is 9.59 Å². The van der Waals surface area contributed by atoms with Crippen LogP contribution in [0.1, 0.15) is 39.0 Å². The van der Waals surface area contributed by atoms with Crippen molar-refractivity contribution < 1.29 is 19.8 Å². The van der Waals surface area contributed by atoms with Gasteiger partial charge in [-0.25, -0.2) is 0 Å². The van der Waals surface area contributed by atoms with Crippen molar-refractivity contribution in [1.82, 2.24) is 0 Å². The lowest BCUT2D eigenvalue weighted by molar-refractivity contribution is -0.138. The minimum Gasteiger partial charge on any atom is -0.481 e. The Morgan fingerprint density at radius 3 is 2.38 bits per heavy atom. The molecule has 0 aromatic rings. The molecule has 0 amide bonds. The van der Waals surface area contributed by atoms with E-state index >= 15 is 0 Å². The van der Waals surface area contributed by atoms with E-state index in [1.165, 1.54) is 11.8 Å². The zero-order valence-corrected chi connectivity index (χ0v) is 10.3. The Bertz CT molecular complexity index is 273. The predicted molar refractivity (Wildman–Crippen MR) is 62.7 cm³/mol. The first-order chi connectivity index (χ1) is 7.49. The molecule has 2 N–H and O–H groups in total. The van der Waals surface area contributed by atoms with E-state index in [9.17, 15) is 9.59 Å². The van der Waals surface area contributed by atoms with Gasteiger partial charge in [0.15, 0.2) is 0 Å². The van der Waals surface area contributed by atoms with Crippen LogP contribution in [0.5, 0.6) is 0 Å². The van der Waals surface area contributed by atoms with E-state index in [2.05, 4.69) is 0 Å². The molecule has 1 fully saturated rings. The average molecular weight is 246 g/mol. The molecule has 1 unspecified atom stereocenters. The molecule has 1 aliphatic carbocycles. The van der Waals surface area contributed by atoms with Gasteiger partial charge in [0.05, 0.1) is 6.42 Å². The van der Waals surface area contributed by atoms with Crippen LogP contribution in [0.25, 0.3) is 0 Å². The zero-order valence-electron chi connectivity index (χ0n) is 9.44. The summed E-state index contributed by atoms with van der Waals surface area (Å²) in [7, 11) is 0. The molecule has 0 spiro atoms. The normalized spacial score (nSPS) is 19.1. The van der Waals surface area contributed by atoms with E-state index in [1.54, 1.807) is 0 Å². The molecule has 1 atom stereocenters. The number of carboxylic acid groups (broad SMARTS) is 2. The van der Waals surface area contributed by atoms with Gasteiger partial charge < -0.3 is 10.2 Å². The number of carbonyl (C=O) groups is 2. The van der Waals surface area contributed by atoms with Crippen molar-refractivity contribution in [2.75, 3.05) is 5.75 Å². The number of hydrogen-bond acceptors (Lipinski definition) is 3. The van der Waals surface area contributed by atoms with E-state index in [4.69, 9.17) is 10.2 Å². The quantitative estimate of drug-likeness (QED) is 0.687. The lowest BCUT2D eigenvalue weighted by atomic mass is 10.1. The second-order valence-corrected chi connectivity index (χ2v) is 5.69. The summed E-state index contributed by atoms with van der Waals surface area (Å²) < 4.78 is 0. The average Bonchev–Trinajstić information content (AvgIpc) is 2.91. The predicted octanol–water partition coefficient (Wildman–Crippen LogP) is 2.23. The second-order valence-electron chi connectivity index (χ2n) is 4.50. The summed E-state index contributed by atoms with van der Waals surface area (Å²) in [5, 5.41) is 17.3. The Balaban J connectivity index is 2.37. The highest BCUT2D eigenvalue weighted by atomic mass is 32.2. The van der Waals surface area contributed by atoms with Crippen molar-refractivity contribution in [2.24, 2.45) is 5.41 Å². The largest absolute Gasteiger partial charge is 0.481 e. The summed E-state index contributed by atoms with van der Waals surface area (Å²) in [5.41, 5.74) is -0.113. The fourth-order valence-corrected chi connectivity index (χ4v) is 3.18. The van der Waals surface area contributed by atoms with Gasteiger partial charge in [0.2, 0.25) is 0 Å². The van der Waals surface area contributed by atoms with Gasteiger partial charge in [-0.05, 0) is 24.7 Å². The van der Waals surface area contributed by atoms with Crippen molar-refractivity contribution in [1.29, 1.82) is 0 Å². The van der Waals surface area contributed by atoms with Crippen LogP contribution in [0.4, 0.5) is 0 Å². The SMILES string of the molecule is CCCC(SCC1(CC(=O)O)CC1)C(=O)O. The molecule has 0 bridgehead atoms. The van der Waals surface area contributed by atoms with Gasteiger partial charge in [0.25, 0.3) is 0 Å². The van der Waals surface area contributed by atoms with Crippen LogP contribution in [0.2, 0.25) is 0 Å². The third kappa shape index (κ3) is 4.04. The first kappa shape index (κ1) is 13.4. The molecule has 0 aromatic carbocycles. The van der Waals surface area contributed by atoms with Crippen LogP contribution >= 0.6 is 11.8 Å². The van der Waals surface area contributed by atoms with E-state index in [-0.39, 0.29) is 17.1 Å². The molecule has 1 rings (SSSR count). The molecule has 1 aliphatic rings. The molecule has 1 saturated carbocycles. The summed E-state index contributed by atoms with van der Waals surface area (Å²) in [6, 6.07) is 0. The highest BCUT2D eigenvalue weighted by Gasteiger charge is 2.44. The van der Waals surface area contributed by atoms with Gasteiger partial charge in [-0.15, -0.1) is 11.8 Å². The highest BCUT2D eigenvalue weighted by Crippen LogP contribution is 2.51. The molecule has 0 heterocycles. The Kier molecular flexibility index (Phi) is 4.65. The molecular weight excluding hydrogens is 228 g/mol. The smallest absolute Gasteiger partial charge is 0.316 e. The molecule has 4 nitrogen and oxygen atoms in total. The van der Waals surface area contributed by atoms with Crippen molar-refractivity contribution >= 4 is 23.7 Å². The number of aliphatic carboxylic acids is 2. The van der Waals surface area contributed by atoms with Crippen LogP contribution in [0, 0.1) is 5.41 Å². The number of rotatable bonds is 8. The van der Waals surface area contributed by atoms with Crippen LogP contribution in [0.15, 0.2) is 0 Å². The molecule has 92 valence electrons. The molecule has 0 aromatic heterocycles. The maximum Gasteiger partial charge on any atom is 0.316 e. The summed E-state index contributed by atoms with van der Waals surface area (Å²) in [6.07, 6.45) is 3.52. The Morgan fingerprint density at radius 1 is 1.38 bits per heavy atom. The molecule has 5 heteroatoms. The Labute approximate surface area is 99.4 Å². The molecule has 0 aliphatic heterocycles. The van der Waals surface area contributed by atoms with E-state index in [0.29, 0.717) is 12.2 Å². The fourth-order valence-electron chi connectivity index (χ4n) is 1.69. The third-order valence-corrected chi connectivity index (χ3v) is 4.52. The summed E-state index contributed by atoms with van der Waals surface area (Å²) in [4.78, 5) is 21.5. The van der Waals surface area contributed by atoms with E-state index in [0.717, 1.165) is 19.3 Å². The Morgan fingerprint density at radius 2 is 2.00 bits per heavy atom. The first-order valence-electron chi connectivity index (χ1n) is 5.55. The zero-order chi connectivity index (χ0) is 12.2. The van der Waals surface area contributed by atoms with Crippen LogP contribution in [0.3, 0.4) is 0 Å². The van der Waals surface area contributed by atoms with Gasteiger partial charge in [-0.2, -0.15) is 0 Å². The van der Waals surface area contributed by atoms with E-state index in [1.807, 2.05) is 6.92 Å². The third-order valence-electron chi connectivity index (χ3n) is 2.90. The standard InChI is InChI=1S/C11H18O4S/c1-2-3-8(10(14)15)16-7-11(4-5-11)6-9(12)13/h8H,2-7H2,1H3,(H,12,13)(H,14,15).